The SMILES string of the molecule is CCSNC1CCC2(CCNC2)CC1. The van der Waals surface area contributed by atoms with Crippen molar-refractivity contribution in [2.75, 3.05) is 18.8 Å². The second-order valence-electron chi connectivity index (χ2n) is 4.75. The molecular formula is C11H22N2S. The topological polar surface area (TPSA) is 24.1 Å². The van der Waals surface area contributed by atoms with Gasteiger partial charge in [0.25, 0.3) is 0 Å². The van der Waals surface area contributed by atoms with Crippen LogP contribution in [0.4, 0.5) is 0 Å². The molecule has 2 N–H and O–H groups in total. The zero-order valence-electron chi connectivity index (χ0n) is 9.14. The third kappa shape index (κ3) is 2.44. The summed E-state index contributed by atoms with van der Waals surface area (Å²) in [6.07, 6.45) is 7.05. The predicted octanol–water partition coefficient (Wildman–Crippen LogP) is 2.17. The van der Waals surface area contributed by atoms with E-state index in [1.54, 1.807) is 0 Å². The molecule has 0 bridgehead atoms. The Balaban J connectivity index is 1.74. The van der Waals surface area contributed by atoms with Gasteiger partial charge in [-0.1, -0.05) is 18.9 Å². The van der Waals surface area contributed by atoms with Crippen molar-refractivity contribution in [1.29, 1.82) is 0 Å². The molecule has 1 saturated heterocycles. The van der Waals surface area contributed by atoms with Crippen LogP contribution in [0.2, 0.25) is 0 Å². The second kappa shape index (κ2) is 4.86. The minimum Gasteiger partial charge on any atom is -0.316 e. The zero-order valence-corrected chi connectivity index (χ0v) is 9.96. The maximum Gasteiger partial charge on any atom is 0.0172 e. The molecule has 0 radical (unpaired) electrons. The van der Waals surface area contributed by atoms with Crippen molar-refractivity contribution >= 4 is 11.9 Å². The van der Waals surface area contributed by atoms with Crippen LogP contribution in [0.3, 0.4) is 0 Å². The molecule has 14 heavy (non-hydrogen) atoms. The summed E-state index contributed by atoms with van der Waals surface area (Å²) in [5.41, 5.74) is 0.690. The van der Waals surface area contributed by atoms with Crippen molar-refractivity contribution < 1.29 is 0 Å². The smallest absolute Gasteiger partial charge is 0.0172 e. The molecule has 1 aliphatic carbocycles. The summed E-state index contributed by atoms with van der Waals surface area (Å²) in [4.78, 5) is 0. The molecule has 0 amide bonds. The molecular weight excluding hydrogens is 192 g/mol. The van der Waals surface area contributed by atoms with Crippen LogP contribution >= 0.6 is 11.9 Å². The van der Waals surface area contributed by atoms with Crippen molar-refractivity contribution in [2.45, 2.75) is 45.1 Å². The van der Waals surface area contributed by atoms with Crippen LogP contribution in [0.1, 0.15) is 39.0 Å². The molecule has 1 aliphatic heterocycles. The Labute approximate surface area is 91.7 Å². The lowest BCUT2D eigenvalue weighted by atomic mass is 9.72. The highest BCUT2D eigenvalue weighted by Crippen LogP contribution is 2.41. The van der Waals surface area contributed by atoms with Gasteiger partial charge in [-0.15, -0.1) is 0 Å². The van der Waals surface area contributed by atoms with Crippen LogP contribution in [0.5, 0.6) is 0 Å². The first-order chi connectivity index (χ1) is 6.85. The first-order valence-electron chi connectivity index (χ1n) is 5.93. The van der Waals surface area contributed by atoms with Crippen molar-refractivity contribution in [3.8, 4) is 0 Å². The first-order valence-corrected chi connectivity index (χ1v) is 6.91. The summed E-state index contributed by atoms with van der Waals surface area (Å²) in [6.45, 7) is 4.74. The summed E-state index contributed by atoms with van der Waals surface area (Å²) in [5, 5.41) is 3.52. The monoisotopic (exact) mass is 214 g/mol. The molecule has 1 saturated carbocycles. The van der Waals surface area contributed by atoms with Crippen LogP contribution in [-0.2, 0) is 0 Å². The van der Waals surface area contributed by atoms with Gasteiger partial charge in [-0.2, -0.15) is 0 Å². The fraction of sp³-hybridized carbons (Fsp3) is 1.00. The largest absolute Gasteiger partial charge is 0.316 e. The summed E-state index contributed by atoms with van der Waals surface area (Å²) >= 11 is 1.88. The molecule has 2 fully saturated rings. The van der Waals surface area contributed by atoms with E-state index in [1.165, 1.54) is 50.9 Å². The molecule has 82 valence electrons. The van der Waals surface area contributed by atoms with Gasteiger partial charge < -0.3 is 5.32 Å². The van der Waals surface area contributed by atoms with E-state index in [-0.39, 0.29) is 0 Å². The minimum atomic E-state index is 0.690. The van der Waals surface area contributed by atoms with Gasteiger partial charge in [0.15, 0.2) is 0 Å². The maximum atomic E-state index is 3.57. The van der Waals surface area contributed by atoms with E-state index in [9.17, 15) is 0 Å². The summed E-state index contributed by atoms with van der Waals surface area (Å²) in [5.74, 6) is 1.18. The maximum absolute atomic E-state index is 3.57. The van der Waals surface area contributed by atoms with Gasteiger partial charge in [0, 0.05) is 18.3 Å². The van der Waals surface area contributed by atoms with Gasteiger partial charge in [0.1, 0.15) is 0 Å². The molecule has 2 nitrogen and oxygen atoms in total. The Morgan fingerprint density at radius 1 is 1.36 bits per heavy atom. The molecule has 2 aliphatic rings. The van der Waals surface area contributed by atoms with Gasteiger partial charge in [0.2, 0.25) is 0 Å². The first kappa shape index (κ1) is 10.8. The standard InChI is InChI=1S/C11H22N2S/c1-2-14-13-10-3-5-11(6-4-10)7-8-12-9-11/h10,12-13H,2-9H2,1H3. The molecule has 0 atom stereocenters. The summed E-state index contributed by atoms with van der Waals surface area (Å²) < 4.78 is 3.57. The fourth-order valence-electron chi connectivity index (χ4n) is 2.77. The molecule has 0 unspecified atom stereocenters. The third-order valence-electron chi connectivity index (χ3n) is 3.77. The van der Waals surface area contributed by atoms with Crippen LogP contribution in [0.15, 0.2) is 0 Å². The average molecular weight is 214 g/mol. The Hall–Kier alpha value is 0.270. The van der Waals surface area contributed by atoms with Crippen LogP contribution < -0.4 is 10.0 Å². The number of rotatable bonds is 3. The quantitative estimate of drug-likeness (QED) is 0.704. The Bertz CT molecular complexity index is 168. The Morgan fingerprint density at radius 3 is 2.71 bits per heavy atom. The van der Waals surface area contributed by atoms with Crippen LogP contribution in [0.25, 0.3) is 0 Å². The van der Waals surface area contributed by atoms with Gasteiger partial charge >= 0.3 is 0 Å². The molecule has 1 spiro atoms. The lowest BCUT2D eigenvalue weighted by molar-refractivity contribution is 0.195. The Morgan fingerprint density at radius 2 is 2.14 bits per heavy atom. The molecule has 2 rings (SSSR count). The van der Waals surface area contributed by atoms with Crippen molar-refractivity contribution in [3.63, 3.8) is 0 Å². The highest BCUT2D eigenvalue weighted by molar-refractivity contribution is 7.97. The molecule has 0 aromatic rings. The lowest BCUT2D eigenvalue weighted by Gasteiger charge is -2.36. The van der Waals surface area contributed by atoms with Crippen molar-refractivity contribution in [3.05, 3.63) is 0 Å². The van der Waals surface area contributed by atoms with Gasteiger partial charge in [-0.25, -0.2) is 0 Å². The van der Waals surface area contributed by atoms with E-state index < -0.39 is 0 Å². The van der Waals surface area contributed by atoms with E-state index in [0.29, 0.717) is 5.41 Å². The van der Waals surface area contributed by atoms with Crippen LogP contribution in [0, 0.1) is 5.41 Å². The van der Waals surface area contributed by atoms with Crippen molar-refractivity contribution in [1.82, 2.24) is 10.0 Å². The highest BCUT2D eigenvalue weighted by Gasteiger charge is 2.37. The van der Waals surface area contributed by atoms with E-state index in [4.69, 9.17) is 0 Å². The Kier molecular flexibility index (Phi) is 3.74. The predicted molar refractivity (Wildman–Crippen MR) is 63.4 cm³/mol. The molecule has 0 aromatic heterocycles. The third-order valence-corrected chi connectivity index (χ3v) is 4.56. The van der Waals surface area contributed by atoms with E-state index >= 15 is 0 Å². The number of nitrogens with one attached hydrogen (secondary N) is 2. The van der Waals surface area contributed by atoms with E-state index in [1.807, 2.05) is 11.9 Å². The molecule has 0 aromatic carbocycles. The fourth-order valence-corrected chi connectivity index (χ4v) is 3.41. The van der Waals surface area contributed by atoms with Gasteiger partial charge in [-0.05, 0) is 44.1 Å². The summed E-state index contributed by atoms with van der Waals surface area (Å²) in [7, 11) is 0. The minimum absolute atomic E-state index is 0.690. The number of hydrogen-bond acceptors (Lipinski definition) is 3. The lowest BCUT2D eigenvalue weighted by Crippen LogP contribution is -2.36. The van der Waals surface area contributed by atoms with Crippen LogP contribution in [-0.4, -0.2) is 24.9 Å². The molecule has 3 heteroatoms. The zero-order chi connectivity index (χ0) is 9.86. The van der Waals surface area contributed by atoms with E-state index in [0.717, 1.165) is 6.04 Å². The second-order valence-corrected chi connectivity index (χ2v) is 5.85. The highest BCUT2D eigenvalue weighted by atomic mass is 32.2. The van der Waals surface area contributed by atoms with Crippen molar-refractivity contribution in [2.24, 2.45) is 5.41 Å². The summed E-state index contributed by atoms with van der Waals surface area (Å²) in [6, 6.07) is 0.783. The van der Waals surface area contributed by atoms with E-state index in [2.05, 4.69) is 17.0 Å². The van der Waals surface area contributed by atoms with Gasteiger partial charge in [-0.3, -0.25) is 4.72 Å². The number of hydrogen-bond donors (Lipinski definition) is 2. The molecule has 1 heterocycles. The normalized spacial score (nSPS) is 37.9. The average Bonchev–Trinajstić information content (AvgIpc) is 2.66. The van der Waals surface area contributed by atoms with Gasteiger partial charge in [0.05, 0.1) is 0 Å².